The molecule has 5 heteroatoms. The van der Waals surface area contributed by atoms with E-state index < -0.39 is 0 Å². The average molecular weight is 277 g/mol. The molecular formula is C15H23N3O2. The Morgan fingerprint density at radius 3 is 3.05 bits per heavy atom. The number of nitrogens with one attached hydrogen (secondary N) is 1. The Kier molecular flexibility index (Phi) is 4.60. The first-order valence-corrected chi connectivity index (χ1v) is 7.14. The van der Waals surface area contributed by atoms with Crippen molar-refractivity contribution in [2.24, 2.45) is 0 Å². The SMILES string of the molecule is CCCNc1ccnc(C(=O)N2CCOCC2(C)C)c1. The van der Waals surface area contributed by atoms with Crippen LogP contribution in [0.4, 0.5) is 5.69 Å². The number of pyridine rings is 1. The highest BCUT2D eigenvalue weighted by atomic mass is 16.5. The number of hydrogen-bond donors (Lipinski definition) is 1. The largest absolute Gasteiger partial charge is 0.385 e. The van der Waals surface area contributed by atoms with E-state index in [0.717, 1.165) is 18.7 Å². The molecule has 110 valence electrons. The molecule has 0 aromatic carbocycles. The fraction of sp³-hybridized carbons (Fsp3) is 0.600. The number of amides is 1. The molecule has 1 amide bonds. The standard InChI is InChI=1S/C15H23N3O2/c1-4-6-16-12-5-7-17-13(10-12)14(19)18-8-9-20-11-15(18,2)3/h5,7,10H,4,6,8-9,11H2,1-3H3,(H,16,17). The predicted molar refractivity (Wildman–Crippen MR) is 79.0 cm³/mol. The molecule has 5 nitrogen and oxygen atoms in total. The van der Waals surface area contributed by atoms with Gasteiger partial charge in [0.05, 0.1) is 18.8 Å². The van der Waals surface area contributed by atoms with E-state index in [0.29, 0.717) is 25.5 Å². The van der Waals surface area contributed by atoms with Gasteiger partial charge in [-0.25, -0.2) is 0 Å². The number of anilines is 1. The number of carbonyl (C=O) groups excluding carboxylic acids is 1. The van der Waals surface area contributed by atoms with E-state index in [9.17, 15) is 4.79 Å². The normalized spacial score (nSPS) is 17.9. The van der Waals surface area contributed by atoms with Crippen LogP contribution in [0.25, 0.3) is 0 Å². The molecule has 0 radical (unpaired) electrons. The highest BCUT2D eigenvalue weighted by Crippen LogP contribution is 2.21. The monoisotopic (exact) mass is 277 g/mol. The Balaban J connectivity index is 2.15. The quantitative estimate of drug-likeness (QED) is 0.916. The molecule has 1 aromatic rings. The molecule has 1 aromatic heterocycles. The Hall–Kier alpha value is -1.62. The summed E-state index contributed by atoms with van der Waals surface area (Å²) in [6.45, 7) is 8.79. The first-order valence-electron chi connectivity index (χ1n) is 7.14. The molecule has 0 spiro atoms. The molecule has 1 saturated heterocycles. The second kappa shape index (κ2) is 6.22. The van der Waals surface area contributed by atoms with Crippen LogP contribution in [0.1, 0.15) is 37.7 Å². The van der Waals surface area contributed by atoms with Crippen molar-refractivity contribution < 1.29 is 9.53 Å². The van der Waals surface area contributed by atoms with Crippen molar-refractivity contribution in [3.8, 4) is 0 Å². The Morgan fingerprint density at radius 2 is 2.35 bits per heavy atom. The van der Waals surface area contributed by atoms with E-state index in [1.165, 1.54) is 0 Å². The van der Waals surface area contributed by atoms with Crippen molar-refractivity contribution >= 4 is 11.6 Å². The summed E-state index contributed by atoms with van der Waals surface area (Å²) in [5.74, 6) is -0.0292. The summed E-state index contributed by atoms with van der Waals surface area (Å²) in [6.07, 6.45) is 2.72. The Morgan fingerprint density at radius 1 is 1.55 bits per heavy atom. The lowest BCUT2D eigenvalue weighted by molar-refractivity contribution is -0.0373. The van der Waals surface area contributed by atoms with Gasteiger partial charge in [-0.2, -0.15) is 0 Å². The van der Waals surface area contributed by atoms with Crippen molar-refractivity contribution in [3.05, 3.63) is 24.0 Å². The van der Waals surface area contributed by atoms with Crippen molar-refractivity contribution in [3.63, 3.8) is 0 Å². The fourth-order valence-electron chi connectivity index (χ4n) is 2.30. The van der Waals surface area contributed by atoms with Gasteiger partial charge in [0.25, 0.3) is 5.91 Å². The van der Waals surface area contributed by atoms with Crippen LogP contribution in [0.2, 0.25) is 0 Å². The molecule has 1 fully saturated rings. The summed E-state index contributed by atoms with van der Waals surface area (Å²) in [4.78, 5) is 18.7. The van der Waals surface area contributed by atoms with E-state index in [4.69, 9.17) is 4.74 Å². The highest BCUT2D eigenvalue weighted by Gasteiger charge is 2.35. The average Bonchev–Trinajstić information content (AvgIpc) is 2.44. The van der Waals surface area contributed by atoms with E-state index in [-0.39, 0.29) is 11.4 Å². The number of rotatable bonds is 4. The van der Waals surface area contributed by atoms with Crippen LogP contribution >= 0.6 is 0 Å². The van der Waals surface area contributed by atoms with Crippen LogP contribution in [0, 0.1) is 0 Å². The summed E-state index contributed by atoms with van der Waals surface area (Å²) in [5.41, 5.74) is 1.14. The van der Waals surface area contributed by atoms with Gasteiger partial charge in [-0.15, -0.1) is 0 Å². The van der Waals surface area contributed by atoms with Gasteiger partial charge >= 0.3 is 0 Å². The second-order valence-electron chi connectivity index (χ2n) is 5.68. The maximum absolute atomic E-state index is 12.6. The maximum Gasteiger partial charge on any atom is 0.273 e. The van der Waals surface area contributed by atoms with Gasteiger partial charge in [-0.05, 0) is 32.4 Å². The molecule has 0 bridgehead atoms. The zero-order valence-electron chi connectivity index (χ0n) is 12.5. The number of aromatic nitrogens is 1. The molecule has 0 atom stereocenters. The van der Waals surface area contributed by atoms with Crippen LogP contribution in [0.5, 0.6) is 0 Å². The first-order chi connectivity index (χ1) is 9.54. The topological polar surface area (TPSA) is 54.5 Å². The Bertz CT molecular complexity index is 474. The van der Waals surface area contributed by atoms with Gasteiger partial charge in [-0.3, -0.25) is 9.78 Å². The van der Waals surface area contributed by atoms with Crippen LogP contribution in [-0.4, -0.2) is 47.6 Å². The minimum atomic E-state index is -0.288. The molecular weight excluding hydrogens is 254 g/mol. The van der Waals surface area contributed by atoms with E-state index in [1.54, 1.807) is 6.20 Å². The molecule has 1 aliphatic rings. The third kappa shape index (κ3) is 3.28. The lowest BCUT2D eigenvalue weighted by Gasteiger charge is -2.41. The summed E-state index contributed by atoms with van der Waals surface area (Å²) >= 11 is 0. The zero-order valence-corrected chi connectivity index (χ0v) is 12.5. The number of ether oxygens (including phenoxy) is 1. The Labute approximate surface area is 120 Å². The van der Waals surface area contributed by atoms with Crippen molar-refractivity contribution in [1.82, 2.24) is 9.88 Å². The fourth-order valence-corrected chi connectivity index (χ4v) is 2.30. The van der Waals surface area contributed by atoms with Gasteiger partial charge in [0.15, 0.2) is 0 Å². The minimum absolute atomic E-state index is 0.0292. The van der Waals surface area contributed by atoms with Crippen molar-refractivity contribution in [1.29, 1.82) is 0 Å². The predicted octanol–water partition coefficient (Wildman–Crippen LogP) is 2.15. The van der Waals surface area contributed by atoms with Crippen LogP contribution in [0.15, 0.2) is 18.3 Å². The lowest BCUT2D eigenvalue weighted by atomic mass is 10.0. The highest BCUT2D eigenvalue weighted by molar-refractivity contribution is 5.93. The number of morpholine rings is 1. The zero-order chi connectivity index (χ0) is 14.6. The van der Waals surface area contributed by atoms with Crippen molar-refractivity contribution in [2.45, 2.75) is 32.7 Å². The molecule has 0 saturated carbocycles. The first kappa shape index (κ1) is 14.8. The van der Waals surface area contributed by atoms with Crippen LogP contribution in [-0.2, 0) is 4.74 Å². The third-order valence-corrected chi connectivity index (χ3v) is 3.45. The molecule has 0 aliphatic carbocycles. The lowest BCUT2D eigenvalue weighted by Crippen LogP contribution is -2.55. The smallest absolute Gasteiger partial charge is 0.273 e. The van der Waals surface area contributed by atoms with Crippen LogP contribution < -0.4 is 5.32 Å². The van der Waals surface area contributed by atoms with Crippen molar-refractivity contribution in [2.75, 3.05) is 31.6 Å². The van der Waals surface area contributed by atoms with Gasteiger partial charge in [0, 0.05) is 25.0 Å². The van der Waals surface area contributed by atoms with Gasteiger partial charge in [0.2, 0.25) is 0 Å². The van der Waals surface area contributed by atoms with Gasteiger partial charge < -0.3 is 15.0 Å². The number of carbonyl (C=O) groups is 1. The van der Waals surface area contributed by atoms with Gasteiger partial charge in [0.1, 0.15) is 5.69 Å². The molecule has 0 unspecified atom stereocenters. The summed E-state index contributed by atoms with van der Waals surface area (Å²) < 4.78 is 5.45. The molecule has 1 N–H and O–H groups in total. The van der Waals surface area contributed by atoms with Crippen LogP contribution in [0.3, 0.4) is 0 Å². The number of hydrogen-bond acceptors (Lipinski definition) is 4. The van der Waals surface area contributed by atoms with E-state index >= 15 is 0 Å². The third-order valence-electron chi connectivity index (χ3n) is 3.45. The second-order valence-corrected chi connectivity index (χ2v) is 5.68. The van der Waals surface area contributed by atoms with E-state index in [2.05, 4.69) is 17.2 Å². The van der Waals surface area contributed by atoms with E-state index in [1.807, 2.05) is 30.9 Å². The summed E-state index contributed by atoms with van der Waals surface area (Å²) in [5, 5.41) is 3.28. The molecule has 20 heavy (non-hydrogen) atoms. The minimum Gasteiger partial charge on any atom is -0.385 e. The summed E-state index contributed by atoms with van der Waals surface area (Å²) in [7, 11) is 0. The number of nitrogens with zero attached hydrogens (tertiary/aromatic N) is 2. The molecule has 2 heterocycles. The molecule has 2 rings (SSSR count). The summed E-state index contributed by atoms with van der Waals surface area (Å²) in [6, 6.07) is 3.71. The maximum atomic E-state index is 12.6. The van der Waals surface area contributed by atoms with Gasteiger partial charge in [-0.1, -0.05) is 6.92 Å². The molecule has 1 aliphatic heterocycles.